The number of carbonyl (C=O) groups excluding carboxylic acids is 1. The number of halogens is 3. The maximum absolute atomic E-state index is 12.8. The maximum Gasteiger partial charge on any atom is 0.416 e. The summed E-state index contributed by atoms with van der Waals surface area (Å²) in [5, 5.41) is 14.4. The van der Waals surface area contributed by atoms with Gasteiger partial charge in [0, 0.05) is 23.3 Å². The first-order chi connectivity index (χ1) is 13.3. The van der Waals surface area contributed by atoms with E-state index in [2.05, 4.69) is 15.6 Å². The van der Waals surface area contributed by atoms with Gasteiger partial charge < -0.3 is 10.6 Å². The number of nitriles is 1. The molecule has 3 rings (SSSR count). The number of nitrogens with zero attached hydrogens (tertiary/aromatic N) is 2. The van der Waals surface area contributed by atoms with Crippen molar-refractivity contribution < 1.29 is 18.0 Å². The van der Waals surface area contributed by atoms with E-state index < -0.39 is 17.6 Å². The molecule has 0 aliphatic carbocycles. The van der Waals surface area contributed by atoms with Gasteiger partial charge in [0.2, 0.25) is 0 Å². The zero-order valence-corrected chi connectivity index (χ0v) is 14.3. The van der Waals surface area contributed by atoms with Crippen LogP contribution in [0.3, 0.4) is 0 Å². The van der Waals surface area contributed by atoms with E-state index in [9.17, 15) is 18.0 Å². The topological polar surface area (TPSA) is 77.8 Å². The summed E-state index contributed by atoms with van der Waals surface area (Å²) in [7, 11) is 0. The van der Waals surface area contributed by atoms with Crippen LogP contribution in [-0.2, 0) is 6.18 Å². The van der Waals surface area contributed by atoms with Gasteiger partial charge in [-0.2, -0.15) is 18.4 Å². The van der Waals surface area contributed by atoms with Crippen LogP contribution in [0.5, 0.6) is 0 Å². The minimum absolute atomic E-state index is 0.0155. The number of rotatable bonds is 4. The van der Waals surface area contributed by atoms with E-state index in [0.29, 0.717) is 16.9 Å². The summed E-state index contributed by atoms with van der Waals surface area (Å²) in [5.41, 5.74) is 0.849. The molecule has 0 fully saturated rings. The third kappa shape index (κ3) is 4.65. The highest BCUT2D eigenvalue weighted by Crippen LogP contribution is 2.30. The van der Waals surface area contributed by atoms with E-state index in [1.807, 2.05) is 6.07 Å². The predicted octanol–water partition coefficient (Wildman–Crippen LogP) is 4.97. The summed E-state index contributed by atoms with van der Waals surface area (Å²) in [5.74, 6) is -0.645. The van der Waals surface area contributed by atoms with Gasteiger partial charge in [-0.1, -0.05) is 12.1 Å². The lowest BCUT2D eigenvalue weighted by Gasteiger charge is -2.11. The molecule has 1 heterocycles. The zero-order valence-electron chi connectivity index (χ0n) is 14.3. The second-order valence-electron chi connectivity index (χ2n) is 5.78. The van der Waals surface area contributed by atoms with Crippen molar-refractivity contribution in [2.75, 3.05) is 10.6 Å². The van der Waals surface area contributed by atoms with Crippen LogP contribution in [0, 0.1) is 11.3 Å². The Kier molecular flexibility index (Phi) is 5.27. The van der Waals surface area contributed by atoms with Crippen molar-refractivity contribution in [3.63, 3.8) is 0 Å². The van der Waals surface area contributed by atoms with Crippen LogP contribution < -0.4 is 10.6 Å². The second-order valence-corrected chi connectivity index (χ2v) is 5.78. The van der Waals surface area contributed by atoms with E-state index >= 15 is 0 Å². The van der Waals surface area contributed by atoms with E-state index in [0.717, 1.165) is 12.1 Å². The average molecular weight is 382 g/mol. The van der Waals surface area contributed by atoms with Gasteiger partial charge in [0.15, 0.2) is 0 Å². The number of amides is 1. The lowest BCUT2D eigenvalue weighted by molar-refractivity contribution is -0.137. The summed E-state index contributed by atoms with van der Waals surface area (Å²) in [6, 6.07) is 16.2. The first kappa shape index (κ1) is 18.9. The van der Waals surface area contributed by atoms with Crippen molar-refractivity contribution in [3.05, 3.63) is 83.7 Å². The molecule has 140 valence electrons. The monoisotopic (exact) mass is 382 g/mol. The molecule has 0 saturated carbocycles. The number of anilines is 3. The lowest BCUT2D eigenvalue weighted by Crippen LogP contribution is -2.14. The first-order valence-electron chi connectivity index (χ1n) is 8.07. The van der Waals surface area contributed by atoms with Crippen LogP contribution in [-0.4, -0.2) is 10.9 Å². The Hall–Kier alpha value is -3.86. The first-order valence-corrected chi connectivity index (χ1v) is 8.07. The number of carbonyl (C=O) groups is 1. The van der Waals surface area contributed by atoms with Gasteiger partial charge >= 0.3 is 6.18 Å². The number of aromatic nitrogens is 1. The van der Waals surface area contributed by atoms with Gasteiger partial charge in [-0.25, -0.2) is 0 Å². The molecule has 0 bridgehead atoms. The van der Waals surface area contributed by atoms with Gasteiger partial charge in [-0.05, 0) is 48.5 Å². The Balaban J connectivity index is 1.76. The molecule has 8 heteroatoms. The molecule has 0 spiro atoms. The van der Waals surface area contributed by atoms with E-state index in [1.165, 1.54) is 24.4 Å². The summed E-state index contributed by atoms with van der Waals surface area (Å²) >= 11 is 0. The minimum atomic E-state index is -4.50. The summed E-state index contributed by atoms with van der Waals surface area (Å²) < 4.78 is 38.4. The standard InChI is InChI=1S/C20H13F3N4O/c21-20(22,23)14-4-2-6-16(10-14)27-19(28)18-11-17(7-8-25-18)26-15-5-1-3-13(9-15)12-24/h1-11H,(H,25,26)(H,27,28). The average Bonchev–Trinajstić information content (AvgIpc) is 2.68. The van der Waals surface area contributed by atoms with Gasteiger partial charge in [-0.3, -0.25) is 9.78 Å². The quantitative estimate of drug-likeness (QED) is 0.668. The number of hydrogen-bond donors (Lipinski definition) is 2. The smallest absolute Gasteiger partial charge is 0.355 e. The van der Waals surface area contributed by atoms with Crippen LogP contribution >= 0.6 is 0 Å². The molecule has 5 nitrogen and oxygen atoms in total. The molecule has 0 unspecified atom stereocenters. The maximum atomic E-state index is 12.8. The van der Waals surface area contributed by atoms with Gasteiger partial charge in [-0.15, -0.1) is 0 Å². The third-order valence-electron chi connectivity index (χ3n) is 3.72. The van der Waals surface area contributed by atoms with E-state index in [-0.39, 0.29) is 11.4 Å². The van der Waals surface area contributed by atoms with Crippen LogP contribution in [0.15, 0.2) is 66.9 Å². The molecular weight excluding hydrogens is 369 g/mol. The number of benzene rings is 2. The minimum Gasteiger partial charge on any atom is -0.355 e. The fraction of sp³-hybridized carbons (Fsp3) is 0.0500. The Bertz CT molecular complexity index is 1060. The zero-order chi connectivity index (χ0) is 20.1. The molecule has 2 N–H and O–H groups in total. The SMILES string of the molecule is N#Cc1cccc(Nc2ccnc(C(=O)Nc3cccc(C(F)(F)F)c3)c2)c1. The van der Waals surface area contributed by atoms with Crippen molar-refractivity contribution in [2.45, 2.75) is 6.18 Å². The highest BCUT2D eigenvalue weighted by molar-refractivity contribution is 6.03. The predicted molar refractivity (Wildman–Crippen MR) is 98.1 cm³/mol. The van der Waals surface area contributed by atoms with E-state index in [4.69, 9.17) is 5.26 Å². The third-order valence-corrected chi connectivity index (χ3v) is 3.72. The summed E-state index contributed by atoms with van der Waals surface area (Å²) in [6.45, 7) is 0. The van der Waals surface area contributed by atoms with Crippen LogP contribution in [0.4, 0.5) is 30.2 Å². The van der Waals surface area contributed by atoms with Crippen molar-refractivity contribution in [1.82, 2.24) is 4.98 Å². The number of hydrogen-bond acceptors (Lipinski definition) is 4. The van der Waals surface area contributed by atoms with Gasteiger partial charge in [0.05, 0.1) is 17.2 Å². The molecule has 0 radical (unpaired) electrons. The number of pyridine rings is 1. The van der Waals surface area contributed by atoms with Crippen molar-refractivity contribution in [2.24, 2.45) is 0 Å². The largest absolute Gasteiger partial charge is 0.416 e. The number of alkyl halides is 3. The summed E-state index contributed by atoms with van der Waals surface area (Å²) in [4.78, 5) is 16.3. The van der Waals surface area contributed by atoms with Crippen molar-refractivity contribution >= 4 is 23.0 Å². The van der Waals surface area contributed by atoms with Gasteiger partial charge in [0.1, 0.15) is 5.69 Å². The molecule has 0 aliphatic heterocycles. The molecule has 28 heavy (non-hydrogen) atoms. The Morgan fingerprint density at radius 1 is 0.964 bits per heavy atom. The van der Waals surface area contributed by atoms with E-state index in [1.54, 1.807) is 30.3 Å². The second kappa shape index (κ2) is 7.80. The van der Waals surface area contributed by atoms with Crippen molar-refractivity contribution in [1.29, 1.82) is 5.26 Å². The fourth-order valence-corrected chi connectivity index (χ4v) is 2.43. The molecule has 2 aromatic carbocycles. The molecule has 0 saturated heterocycles. The summed E-state index contributed by atoms with van der Waals surface area (Å²) in [6.07, 6.45) is -3.10. The molecule has 0 atom stereocenters. The normalized spacial score (nSPS) is 10.8. The number of nitrogens with one attached hydrogen (secondary N) is 2. The molecule has 1 aromatic heterocycles. The molecular formula is C20H13F3N4O. The molecule has 1 amide bonds. The van der Waals surface area contributed by atoms with Crippen LogP contribution in [0.25, 0.3) is 0 Å². The molecule has 0 aliphatic rings. The Labute approximate surface area is 158 Å². The Morgan fingerprint density at radius 3 is 2.43 bits per heavy atom. The lowest BCUT2D eigenvalue weighted by atomic mass is 10.2. The fourth-order valence-electron chi connectivity index (χ4n) is 2.43. The highest BCUT2D eigenvalue weighted by atomic mass is 19.4. The van der Waals surface area contributed by atoms with Gasteiger partial charge in [0.25, 0.3) is 5.91 Å². The van der Waals surface area contributed by atoms with Crippen LogP contribution in [0.2, 0.25) is 0 Å². The Morgan fingerprint density at radius 2 is 1.68 bits per heavy atom. The van der Waals surface area contributed by atoms with Crippen LogP contribution in [0.1, 0.15) is 21.6 Å². The highest BCUT2D eigenvalue weighted by Gasteiger charge is 2.30. The van der Waals surface area contributed by atoms with Crippen molar-refractivity contribution in [3.8, 4) is 6.07 Å². The molecule has 3 aromatic rings.